The number of amides is 3. The van der Waals surface area contributed by atoms with E-state index in [0.717, 1.165) is 30.2 Å². The summed E-state index contributed by atoms with van der Waals surface area (Å²) in [6.45, 7) is 2.46. The number of rotatable bonds is 6. The Morgan fingerprint density at radius 1 is 0.923 bits per heavy atom. The number of nitrogens with one attached hydrogen (secondary N) is 1. The van der Waals surface area contributed by atoms with Gasteiger partial charge in [-0.05, 0) is 48.9 Å². The van der Waals surface area contributed by atoms with Crippen LogP contribution in [0.25, 0.3) is 10.9 Å². The van der Waals surface area contributed by atoms with Gasteiger partial charge >= 0.3 is 5.97 Å². The first-order chi connectivity index (χ1) is 18.8. The van der Waals surface area contributed by atoms with Crippen molar-refractivity contribution in [2.45, 2.75) is 31.7 Å². The van der Waals surface area contributed by atoms with E-state index in [1.807, 2.05) is 46.8 Å². The summed E-state index contributed by atoms with van der Waals surface area (Å²) in [5, 5.41) is 3.70. The Morgan fingerprint density at radius 3 is 2.23 bits per heavy atom. The topological polar surface area (TPSA) is 101 Å². The molecule has 1 unspecified atom stereocenters. The molecule has 1 aromatic heterocycles. The van der Waals surface area contributed by atoms with Crippen LogP contribution in [0.15, 0.2) is 60.7 Å². The fourth-order valence-electron chi connectivity index (χ4n) is 5.87. The van der Waals surface area contributed by atoms with Gasteiger partial charge in [0.1, 0.15) is 11.7 Å². The van der Waals surface area contributed by atoms with Crippen molar-refractivity contribution in [1.82, 2.24) is 19.7 Å². The number of fused-ring (bicyclic) bond motifs is 1. The number of ether oxygens (including phenoxy) is 1. The predicted octanol–water partition coefficient (Wildman–Crippen LogP) is 2.99. The fraction of sp³-hybridized carbons (Fsp3) is 0.400. The number of carbonyl (C=O) groups is 4. The summed E-state index contributed by atoms with van der Waals surface area (Å²) in [6.07, 6.45) is 2.33. The molecule has 2 aromatic carbocycles. The van der Waals surface area contributed by atoms with Gasteiger partial charge in [-0.3, -0.25) is 14.4 Å². The highest BCUT2D eigenvalue weighted by atomic mass is 16.5. The molecule has 0 radical (unpaired) electrons. The Labute approximate surface area is 227 Å². The Kier molecular flexibility index (Phi) is 7.41. The normalized spacial score (nSPS) is 17.3. The largest absolute Gasteiger partial charge is 0.467 e. The fourth-order valence-corrected chi connectivity index (χ4v) is 5.87. The van der Waals surface area contributed by atoms with E-state index < -0.39 is 17.9 Å². The number of aromatic nitrogens is 1. The average Bonchev–Trinajstić information content (AvgIpc) is 3.54. The Balaban J connectivity index is 1.18. The quantitative estimate of drug-likeness (QED) is 0.494. The Hall–Kier alpha value is -4.14. The lowest BCUT2D eigenvalue weighted by Gasteiger charge is -2.39. The highest BCUT2D eigenvalue weighted by Gasteiger charge is 2.43. The van der Waals surface area contributed by atoms with E-state index in [0.29, 0.717) is 37.4 Å². The number of methoxy groups -OCH3 is 1. The maximum absolute atomic E-state index is 13.3. The first kappa shape index (κ1) is 26.5. The van der Waals surface area contributed by atoms with Crippen LogP contribution < -0.4 is 5.32 Å². The molecule has 39 heavy (non-hydrogen) atoms. The van der Waals surface area contributed by atoms with Crippen molar-refractivity contribution in [1.29, 1.82) is 0 Å². The van der Waals surface area contributed by atoms with Crippen LogP contribution >= 0.6 is 0 Å². The van der Waals surface area contributed by atoms with Gasteiger partial charge in [0.15, 0.2) is 0 Å². The monoisotopic (exact) mass is 530 g/mol. The third-order valence-electron chi connectivity index (χ3n) is 8.28. The highest BCUT2D eigenvalue weighted by Crippen LogP contribution is 2.41. The first-order valence-electron chi connectivity index (χ1n) is 13.4. The molecule has 0 aliphatic carbocycles. The molecule has 2 saturated heterocycles. The summed E-state index contributed by atoms with van der Waals surface area (Å²) in [7, 11) is 3.16. The Bertz CT molecular complexity index is 1390. The van der Waals surface area contributed by atoms with Gasteiger partial charge < -0.3 is 24.4 Å². The summed E-state index contributed by atoms with van der Waals surface area (Å²) in [5.41, 5.74) is 2.08. The van der Waals surface area contributed by atoms with Crippen molar-refractivity contribution in [2.24, 2.45) is 12.5 Å². The number of carbonyl (C=O) groups excluding carboxylic acids is 4. The van der Waals surface area contributed by atoms with Gasteiger partial charge in [-0.15, -0.1) is 0 Å². The van der Waals surface area contributed by atoms with Gasteiger partial charge in [-0.25, -0.2) is 4.79 Å². The smallest absolute Gasteiger partial charge is 0.328 e. The second kappa shape index (κ2) is 10.9. The van der Waals surface area contributed by atoms with Gasteiger partial charge in [0.25, 0.3) is 11.8 Å². The van der Waals surface area contributed by atoms with Crippen LogP contribution in [0.5, 0.6) is 0 Å². The molecule has 3 aromatic rings. The third kappa shape index (κ3) is 5.39. The van der Waals surface area contributed by atoms with Gasteiger partial charge in [-0.1, -0.05) is 36.4 Å². The number of likely N-dealkylation sites (tertiary alicyclic amines) is 2. The number of nitrogens with zero attached hydrogens (tertiary/aromatic N) is 3. The minimum absolute atomic E-state index is 0.0320. The maximum atomic E-state index is 13.3. The third-order valence-corrected chi connectivity index (χ3v) is 8.28. The number of para-hydroxylation sites is 1. The van der Waals surface area contributed by atoms with Crippen molar-refractivity contribution in [2.75, 3.05) is 33.3 Å². The minimum Gasteiger partial charge on any atom is -0.467 e. The van der Waals surface area contributed by atoms with E-state index in [9.17, 15) is 19.2 Å². The summed E-state index contributed by atoms with van der Waals surface area (Å²) in [4.78, 5) is 55.2. The average molecular weight is 531 g/mol. The molecular weight excluding hydrogens is 496 g/mol. The van der Waals surface area contributed by atoms with E-state index in [1.54, 1.807) is 35.2 Å². The molecule has 1 spiro atoms. The molecule has 9 heteroatoms. The zero-order chi connectivity index (χ0) is 27.6. The molecule has 0 saturated carbocycles. The number of esters is 1. The molecule has 2 aliphatic rings. The molecule has 3 amide bonds. The van der Waals surface area contributed by atoms with E-state index >= 15 is 0 Å². The number of aryl methyl sites for hydroxylation is 1. The van der Waals surface area contributed by atoms with Crippen LogP contribution in [0.3, 0.4) is 0 Å². The van der Waals surface area contributed by atoms with Crippen LogP contribution in [0.1, 0.15) is 46.5 Å². The van der Waals surface area contributed by atoms with E-state index in [2.05, 4.69) is 5.32 Å². The van der Waals surface area contributed by atoms with E-state index in [4.69, 9.17) is 4.74 Å². The van der Waals surface area contributed by atoms with Gasteiger partial charge in [0, 0.05) is 49.7 Å². The predicted molar refractivity (Wildman–Crippen MR) is 146 cm³/mol. The molecular formula is C30H34N4O5. The summed E-state index contributed by atoms with van der Waals surface area (Å²) < 4.78 is 6.81. The number of hydrogen-bond acceptors (Lipinski definition) is 5. The molecule has 2 fully saturated rings. The molecule has 9 nitrogen and oxygen atoms in total. The van der Waals surface area contributed by atoms with Gasteiger partial charge in [0.2, 0.25) is 5.91 Å². The molecule has 5 rings (SSSR count). The molecule has 1 atom stereocenters. The molecule has 1 N–H and O–H groups in total. The SMILES string of the molecule is COC(=O)C(CC(=O)N1CCC2(CCN(C(=O)c3cc4ccccc4n3C)CC2)C1)NC(=O)c1ccccc1. The number of piperidine rings is 1. The molecule has 0 bridgehead atoms. The zero-order valence-corrected chi connectivity index (χ0v) is 22.4. The van der Waals surface area contributed by atoms with Crippen molar-refractivity contribution in [3.63, 3.8) is 0 Å². The van der Waals surface area contributed by atoms with Crippen LogP contribution in [0.4, 0.5) is 0 Å². The summed E-state index contributed by atoms with van der Waals surface area (Å²) in [6, 6.07) is 17.4. The highest BCUT2D eigenvalue weighted by molar-refractivity contribution is 5.99. The standard InChI is InChI=1S/C30H34N4O5/c1-32-24-11-7-6-10-22(24)18-25(32)28(37)33-15-12-30(13-16-33)14-17-34(20-30)26(35)19-23(29(38)39-2)31-27(36)21-8-4-3-5-9-21/h3-11,18,23H,12-17,19-20H2,1-2H3,(H,31,36). The lowest BCUT2D eigenvalue weighted by Crippen LogP contribution is -2.47. The first-order valence-corrected chi connectivity index (χ1v) is 13.4. The number of benzene rings is 2. The van der Waals surface area contributed by atoms with Crippen molar-refractivity contribution in [3.05, 3.63) is 71.9 Å². The van der Waals surface area contributed by atoms with Crippen molar-refractivity contribution >= 4 is 34.6 Å². The second-order valence-corrected chi connectivity index (χ2v) is 10.6. The van der Waals surface area contributed by atoms with Gasteiger partial charge in [-0.2, -0.15) is 0 Å². The summed E-state index contributed by atoms with van der Waals surface area (Å²) >= 11 is 0. The summed E-state index contributed by atoms with van der Waals surface area (Å²) in [5.74, 6) is -1.24. The van der Waals surface area contributed by atoms with E-state index in [-0.39, 0.29) is 23.7 Å². The van der Waals surface area contributed by atoms with Gasteiger partial charge in [0.05, 0.1) is 13.5 Å². The Morgan fingerprint density at radius 2 is 1.56 bits per heavy atom. The lowest BCUT2D eigenvalue weighted by molar-refractivity contribution is -0.146. The minimum atomic E-state index is -1.06. The second-order valence-electron chi connectivity index (χ2n) is 10.6. The van der Waals surface area contributed by atoms with Crippen LogP contribution in [0, 0.1) is 5.41 Å². The lowest BCUT2D eigenvalue weighted by atomic mass is 9.77. The number of hydrogen-bond donors (Lipinski definition) is 1. The van der Waals surface area contributed by atoms with E-state index in [1.165, 1.54) is 7.11 Å². The van der Waals surface area contributed by atoms with Crippen LogP contribution in [-0.2, 0) is 21.4 Å². The maximum Gasteiger partial charge on any atom is 0.328 e. The molecule has 204 valence electrons. The zero-order valence-electron chi connectivity index (χ0n) is 22.4. The van der Waals surface area contributed by atoms with Crippen LogP contribution in [0.2, 0.25) is 0 Å². The molecule has 2 aliphatic heterocycles. The van der Waals surface area contributed by atoms with Crippen LogP contribution in [-0.4, -0.2) is 77.4 Å². The molecule has 3 heterocycles. The van der Waals surface area contributed by atoms with Crippen molar-refractivity contribution in [3.8, 4) is 0 Å². The van der Waals surface area contributed by atoms with Crippen molar-refractivity contribution < 1.29 is 23.9 Å².